The van der Waals surface area contributed by atoms with Crippen molar-refractivity contribution in [2.45, 2.75) is 32.7 Å². The minimum atomic E-state index is -0.654. The number of hydrogen-bond acceptors (Lipinski definition) is 4. The number of rotatable bonds is 7. The number of carbonyl (C=O) groups is 2. The van der Waals surface area contributed by atoms with Gasteiger partial charge in [0.2, 0.25) is 0 Å². The summed E-state index contributed by atoms with van der Waals surface area (Å²) in [4.78, 5) is 27.8. The van der Waals surface area contributed by atoms with Crippen molar-refractivity contribution in [1.29, 1.82) is 0 Å². The van der Waals surface area contributed by atoms with E-state index < -0.39 is 17.7 Å². The van der Waals surface area contributed by atoms with Crippen LogP contribution >= 0.6 is 0 Å². The molecule has 1 aromatic heterocycles. The lowest BCUT2D eigenvalue weighted by atomic mass is 9.95. The van der Waals surface area contributed by atoms with Crippen molar-refractivity contribution < 1.29 is 19.4 Å². The predicted octanol–water partition coefficient (Wildman–Crippen LogP) is 4.80. The van der Waals surface area contributed by atoms with Crippen LogP contribution < -0.4 is 4.74 Å². The molecule has 1 atom stereocenters. The molecule has 1 unspecified atom stereocenters. The summed E-state index contributed by atoms with van der Waals surface area (Å²) in [5.74, 6) is -0.808. The van der Waals surface area contributed by atoms with Crippen LogP contribution in [0, 0.1) is 0 Å². The van der Waals surface area contributed by atoms with Crippen LogP contribution in [-0.2, 0) is 16.6 Å². The highest BCUT2D eigenvalue weighted by molar-refractivity contribution is 6.46. The van der Waals surface area contributed by atoms with E-state index in [0.29, 0.717) is 24.5 Å². The number of likely N-dealkylation sites (tertiary alicyclic amines) is 1. The summed E-state index contributed by atoms with van der Waals surface area (Å²) in [6.45, 7) is 4.86. The Bertz CT molecular complexity index is 1210. The number of para-hydroxylation sites is 1. The van der Waals surface area contributed by atoms with Crippen molar-refractivity contribution >= 4 is 28.4 Å². The van der Waals surface area contributed by atoms with Crippen molar-refractivity contribution in [3.05, 3.63) is 71.4 Å². The number of carbonyl (C=O) groups excluding carboxylic acids is 2. The molecule has 0 aliphatic carbocycles. The van der Waals surface area contributed by atoms with Gasteiger partial charge in [0, 0.05) is 41.8 Å². The van der Waals surface area contributed by atoms with E-state index in [2.05, 4.69) is 0 Å². The fourth-order valence-electron chi connectivity index (χ4n) is 4.41. The molecule has 1 amide bonds. The van der Waals surface area contributed by atoms with Crippen LogP contribution in [0.15, 0.2) is 60.3 Å². The second-order valence-corrected chi connectivity index (χ2v) is 8.02. The average Bonchev–Trinajstić information content (AvgIpc) is 3.26. The monoisotopic (exact) mass is 432 g/mol. The van der Waals surface area contributed by atoms with E-state index in [1.165, 1.54) is 0 Å². The molecule has 4 rings (SSSR count). The number of benzene rings is 2. The SMILES string of the molecule is CCCCN1C(=O)C(=O)/C(=C(/O)c2cccc(OCC)c2)C1c1cn(C)c2ccccc12. The van der Waals surface area contributed by atoms with Crippen LogP contribution in [0.25, 0.3) is 16.7 Å². The number of unbranched alkanes of at least 4 members (excludes halogenated alkanes) is 1. The third kappa shape index (κ3) is 3.66. The van der Waals surface area contributed by atoms with E-state index in [0.717, 1.165) is 29.3 Å². The van der Waals surface area contributed by atoms with E-state index in [1.54, 1.807) is 29.2 Å². The van der Waals surface area contributed by atoms with Crippen molar-refractivity contribution in [3.8, 4) is 5.75 Å². The third-order valence-electron chi connectivity index (χ3n) is 5.93. The van der Waals surface area contributed by atoms with Gasteiger partial charge < -0.3 is 19.3 Å². The van der Waals surface area contributed by atoms with Crippen molar-refractivity contribution in [2.24, 2.45) is 7.05 Å². The number of hydrogen-bond donors (Lipinski definition) is 1. The Kier molecular flexibility index (Phi) is 6.04. The van der Waals surface area contributed by atoms with E-state index in [4.69, 9.17) is 4.74 Å². The summed E-state index contributed by atoms with van der Waals surface area (Å²) >= 11 is 0. The van der Waals surface area contributed by atoms with E-state index >= 15 is 0 Å². The summed E-state index contributed by atoms with van der Waals surface area (Å²) in [7, 11) is 1.94. The van der Waals surface area contributed by atoms with E-state index in [9.17, 15) is 14.7 Å². The fourth-order valence-corrected chi connectivity index (χ4v) is 4.41. The Hall–Kier alpha value is -3.54. The topological polar surface area (TPSA) is 71.8 Å². The van der Waals surface area contributed by atoms with Crippen molar-refractivity contribution in [2.75, 3.05) is 13.2 Å². The summed E-state index contributed by atoms with van der Waals surface area (Å²) < 4.78 is 7.54. The molecule has 1 aliphatic heterocycles. The molecule has 0 radical (unpaired) electrons. The molecule has 2 heterocycles. The van der Waals surface area contributed by atoms with Gasteiger partial charge in [-0.3, -0.25) is 9.59 Å². The molecule has 1 fully saturated rings. The first-order valence-corrected chi connectivity index (χ1v) is 11.0. The number of ether oxygens (including phenoxy) is 1. The molecule has 3 aromatic rings. The van der Waals surface area contributed by atoms with Crippen LogP contribution in [-0.4, -0.2) is 39.4 Å². The number of amides is 1. The van der Waals surface area contributed by atoms with Gasteiger partial charge in [0.25, 0.3) is 11.7 Å². The molecule has 6 nitrogen and oxygen atoms in total. The normalized spacial score (nSPS) is 18.0. The zero-order chi connectivity index (χ0) is 22.8. The summed E-state index contributed by atoms with van der Waals surface area (Å²) in [5.41, 5.74) is 2.41. The number of fused-ring (bicyclic) bond motifs is 1. The molecule has 1 N–H and O–H groups in total. The van der Waals surface area contributed by atoms with Gasteiger partial charge in [0.15, 0.2) is 0 Å². The molecular formula is C26H28N2O4. The van der Waals surface area contributed by atoms with Gasteiger partial charge in [0.05, 0.1) is 18.2 Å². The predicted molar refractivity (Wildman–Crippen MR) is 124 cm³/mol. The van der Waals surface area contributed by atoms with E-state index in [1.807, 2.05) is 55.9 Å². The fraction of sp³-hybridized carbons (Fsp3) is 0.308. The highest BCUT2D eigenvalue weighted by Crippen LogP contribution is 2.42. The molecule has 2 aromatic carbocycles. The van der Waals surface area contributed by atoms with Gasteiger partial charge in [-0.25, -0.2) is 0 Å². The van der Waals surface area contributed by atoms with Gasteiger partial charge in [-0.2, -0.15) is 0 Å². The van der Waals surface area contributed by atoms with E-state index in [-0.39, 0.29) is 11.3 Å². The number of Topliss-reactive ketones (excluding diaryl/α,β-unsaturated/α-hetero) is 1. The quantitative estimate of drug-likeness (QED) is 0.331. The second kappa shape index (κ2) is 8.91. The molecule has 0 saturated carbocycles. The molecule has 0 bridgehead atoms. The molecule has 6 heteroatoms. The first kappa shape index (κ1) is 21.7. The Morgan fingerprint density at radius 2 is 1.88 bits per heavy atom. The zero-order valence-electron chi connectivity index (χ0n) is 18.7. The van der Waals surface area contributed by atoms with Gasteiger partial charge >= 0.3 is 0 Å². The van der Waals surface area contributed by atoms with Gasteiger partial charge in [-0.1, -0.05) is 43.7 Å². The molecule has 1 saturated heterocycles. The zero-order valence-corrected chi connectivity index (χ0v) is 18.7. The second-order valence-electron chi connectivity index (χ2n) is 8.02. The van der Waals surface area contributed by atoms with Crippen LogP contribution in [0.1, 0.15) is 43.9 Å². The highest BCUT2D eigenvalue weighted by Gasteiger charge is 2.46. The number of aromatic nitrogens is 1. The van der Waals surface area contributed by atoms with Crippen LogP contribution in [0.3, 0.4) is 0 Å². The van der Waals surface area contributed by atoms with Gasteiger partial charge in [-0.15, -0.1) is 0 Å². The number of aliphatic hydroxyl groups is 1. The number of ketones is 1. The lowest BCUT2D eigenvalue weighted by Gasteiger charge is -2.24. The largest absolute Gasteiger partial charge is 0.507 e. The first-order chi connectivity index (χ1) is 15.5. The minimum Gasteiger partial charge on any atom is -0.507 e. The summed E-state index contributed by atoms with van der Waals surface area (Å²) in [6, 6.07) is 14.2. The Balaban J connectivity index is 1.92. The average molecular weight is 433 g/mol. The summed E-state index contributed by atoms with van der Waals surface area (Å²) in [6.07, 6.45) is 3.61. The lowest BCUT2D eigenvalue weighted by Crippen LogP contribution is -2.30. The highest BCUT2D eigenvalue weighted by atomic mass is 16.5. The molecular weight excluding hydrogens is 404 g/mol. The first-order valence-electron chi connectivity index (χ1n) is 11.0. The molecule has 166 valence electrons. The number of aryl methyl sites for hydroxylation is 1. The summed E-state index contributed by atoms with van der Waals surface area (Å²) in [5, 5.41) is 12.2. The van der Waals surface area contributed by atoms with Crippen molar-refractivity contribution in [1.82, 2.24) is 9.47 Å². The maximum absolute atomic E-state index is 13.2. The molecule has 32 heavy (non-hydrogen) atoms. The third-order valence-corrected chi connectivity index (χ3v) is 5.93. The Morgan fingerprint density at radius 3 is 2.62 bits per heavy atom. The standard InChI is InChI=1S/C26H28N2O4/c1-4-6-14-28-23(20-16-27(3)21-13-8-7-12-19(20)21)22(25(30)26(28)31)24(29)17-10-9-11-18(15-17)32-5-2/h7-13,15-16,23,29H,4-6,14H2,1-3H3/b24-22+. The Labute approximate surface area is 187 Å². The number of nitrogens with zero attached hydrogens (tertiary/aromatic N) is 2. The molecule has 0 spiro atoms. The van der Waals surface area contributed by atoms with Gasteiger partial charge in [0.1, 0.15) is 11.5 Å². The Morgan fingerprint density at radius 1 is 1.09 bits per heavy atom. The molecule has 1 aliphatic rings. The number of aliphatic hydroxyl groups excluding tert-OH is 1. The maximum atomic E-state index is 13.2. The lowest BCUT2D eigenvalue weighted by molar-refractivity contribution is -0.139. The van der Waals surface area contributed by atoms with Crippen LogP contribution in [0.2, 0.25) is 0 Å². The minimum absolute atomic E-state index is 0.121. The smallest absolute Gasteiger partial charge is 0.295 e. The maximum Gasteiger partial charge on any atom is 0.295 e. The van der Waals surface area contributed by atoms with Crippen molar-refractivity contribution in [3.63, 3.8) is 0 Å². The van der Waals surface area contributed by atoms with Gasteiger partial charge in [-0.05, 0) is 31.5 Å². The van der Waals surface area contributed by atoms with Crippen LogP contribution in [0.4, 0.5) is 0 Å². The van der Waals surface area contributed by atoms with Crippen LogP contribution in [0.5, 0.6) is 5.75 Å².